The van der Waals surface area contributed by atoms with Crippen molar-refractivity contribution in [3.8, 4) is 17.2 Å². The summed E-state index contributed by atoms with van der Waals surface area (Å²) in [6.07, 6.45) is 2.41. The Kier molecular flexibility index (Phi) is 8.65. The molecule has 0 radical (unpaired) electrons. The van der Waals surface area contributed by atoms with Gasteiger partial charge in [-0.05, 0) is 53.8 Å². The molecule has 3 rings (SSSR count). The van der Waals surface area contributed by atoms with Crippen molar-refractivity contribution < 1.29 is 24.1 Å². The van der Waals surface area contributed by atoms with Gasteiger partial charge in [-0.2, -0.15) is 5.10 Å². The van der Waals surface area contributed by atoms with Crippen LogP contribution in [0, 0.1) is 20.2 Å². The van der Waals surface area contributed by atoms with E-state index < -0.39 is 27.1 Å². The van der Waals surface area contributed by atoms with Crippen LogP contribution in [0.1, 0.15) is 37.3 Å². The van der Waals surface area contributed by atoms with Crippen LogP contribution in [-0.2, 0) is 4.79 Å². The molecule has 0 spiro atoms. The smallest absolute Gasteiger partial charge is 0.318 e. The Balaban J connectivity index is 1.57. The molecular weight excluding hydrogens is 468 g/mol. The second kappa shape index (κ2) is 12.1. The number of amides is 1. The zero-order valence-electron chi connectivity index (χ0n) is 19.6. The van der Waals surface area contributed by atoms with Gasteiger partial charge in [0.15, 0.2) is 6.61 Å². The Morgan fingerprint density at radius 3 is 2.44 bits per heavy atom. The molecule has 0 aromatic heterocycles. The molecule has 1 unspecified atom stereocenters. The van der Waals surface area contributed by atoms with Crippen LogP contribution in [0.4, 0.5) is 11.4 Å². The van der Waals surface area contributed by atoms with Gasteiger partial charge in [0.05, 0.1) is 22.1 Å². The predicted molar refractivity (Wildman–Crippen MR) is 133 cm³/mol. The zero-order chi connectivity index (χ0) is 26.1. The molecule has 0 heterocycles. The highest BCUT2D eigenvalue weighted by molar-refractivity contribution is 5.83. The van der Waals surface area contributed by atoms with E-state index in [0.29, 0.717) is 17.2 Å². The summed E-state index contributed by atoms with van der Waals surface area (Å²) >= 11 is 0. The van der Waals surface area contributed by atoms with Crippen LogP contribution in [-0.4, -0.2) is 28.6 Å². The van der Waals surface area contributed by atoms with Crippen LogP contribution in [0.25, 0.3) is 0 Å². The maximum absolute atomic E-state index is 12.0. The number of nitro benzene ring substituents is 2. The number of hydrogen-bond acceptors (Lipinski definition) is 8. The Bertz CT molecular complexity index is 1280. The Labute approximate surface area is 206 Å². The number of benzene rings is 3. The molecule has 0 fully saturated rings. The Hall–Kier alpha value is -4.80. The van der Waals surface area contributed by atoms with Crippen LogP contribution >= 0.6 is 0 Å². The fraction of sp³-hybridized carbons (Fsp3) is 0.200. The third-order valence-corrected chi connectivity index (χ3v) is 5.27. The summed E-state index contributed by atoms with van der Waals surface area (Å²) in [6.45, 7) is 4.05. The van der Waals surface area contributed by atoms with Crippen LogP contribution < -0.4 is 14.9 Å². The molecular formula is C25H24N4O7. The van der Waals surface area contributed by atoms with Crippen molar-refractivity contribution in [2.24, 2.45) is 5.10 Å². The van der Waals surface area contributed by atoms with Gasteiger partial charge in [-0.1, -0.05) is 38.1 Å². The molecule has 1 N–H and O–H groups in total. The number of non-ortho nitro benzene ring substituents is 1. The van der Waals surface area contributed by atoms with Crippen LogP contribution in [0.3, 0.4) is 0 Å². The minimum atomic E-state index is -0.759. The van der Waals surface area contributed by atoms with Gasteiger partial charge in [0.25, 0.3) is 11.6 Å². The molecule has 0 saturated heterocycles. The van der Waals surface area contributed by atoms with Crippen molar-refractivity contribution in [3.05, 3.63) is 98.1 Å². The van der Waals surface area contributed by atoms with Gasteiger partial charge in [-0.15, -0.1) is 0 Å². The normalized spacial score (nSPS) is 11.6. The van der Waals surface area contributed by atoms with E-state index in [2.05, 4.69) is 24.4 Å². The van der Waals surface area contributed by atoms with Crippen molar-refractivity contribution >= 4 is 23.5 Å². The summed E-state index contributed by atoms with van der Waals surface area (Å²) in [7, 11) is 0. The highest BCUT2D eigenvalue weighted by Crippen LogP contribution is 2.34. The van der Waals surface area contributed by atoms with Gasteiger partial charge in [0.2, 0.25) is 5.75 Å². The van der Waals surface area contributed by atoms with Gasteiger partial charge in [-0.25, -0.2) is 5.43 Å². The molecule has 0 saturated carbocycles. The summed E-state index contributed by atoms with van der Waals surface area (Å²) in [6, 6.07) is 17.1. The molecule has 0 bridgehead atoms. The number of rotatable bonds is 11. The number of nitro groups is 2. The number of nitrogens with zero attached hydrogens (tertiary/aromatic N) is 3. The zero-order valence-corrected chi connectivity index (χ0v) is 19.6. The maximum Gasteiger partial charge on any atom is 0.318 e. The van der Waals surface area contributed by atoms with Gasteiger partial charge < -0.3 is 9.47 Å². The molecule has 1 atom stereocenters. The molecule has 11 heteroatoms. The molecule has 3 aromatic carbocycles. The van der Waals surface area contributed by atoms with Gasteiger partial charge in [-0.3, -0.25) is 25.0 Å². The lowest BCUT2D eigenvalue weighted by Crippen LogP contribution is -2.24. The predicted octanol–water partition coefficient (Wildman–Crippen LogP) is 5.34. The van der Waals surface area contributed by atoms with E-state index in [9.17, 15) is 25.0 Å². The molecule has 186 valence electrons. The van der Waals surface area contributed by atoms with Crippen LogP contribution in [0.2, 0.25) is 0 Å². The number of hydrogen-bond donors (Lipinski definition) is 1. The maximum atomic E-state index is 12.0. The van der Waals surface area contributed by atoms with E-state index in [0.717, 1.165) is 24.6 Å². The van der Waals surface area contributed by atoms with E-state index in [1.165, 1.54) is 17.8 Å². The Morgan fingerprint density at radius 1 is 1.03 bits per heavy atom. The van der Waals surface area contributed by atoms with Gasteiger partial charge in [0, 0.05) is 6.07 Å². The molecule has 3 aromatic rings. The SMILES string of the molecule is CCC(C)c1ccc(OCC(=O)N/N=C/c2cccc(Oc3ccc([N+](=O)[O-])cc3[N+](=O)[O-])c2)cc1. The number of ether oxygens (including phenoxy) is 2. The molecule has 0 aliphatic rings. The van der Waals surface area contributed by atoms with Crippen molar-refractivity contribution in [2.45, 2.75) is 26.2 Å². The number of carbonyl (C=O) groups is 1. The van der Waals surface area contributed by atoms with E-state index in [1.54, 1.807) is 18.2 Å². The van der Waals surface area contributed by atoms with Crippen molar-refractivity contribution in [1.82, 2.24) is 5.43 Å². The topological polar surface area (TPSA) is 146 Å². The average molecular weight is 492 g/mol. The van der Waals surface area contributed by atoms with Crippen molar-refractivity contribution in [1.29, 1.82) is 0 Å². The summed E-state index contributed by atoms with van der Waals surface area (Å²) in [5.41, 5.74) is 3.15. The lowest BCUT2D eigenvalue weighted by Gasteiger charge is -2.10. The van der Waals surface area contributed by atoms with E-state index in [4.69, 9.17) is 9.47 Å². The molecule has 36 heavy (non-hydrogen) atoms. The summed E-state index contributed by atoms with van der Waals surface area (Å²) in [5.74, 6) is 0.663. The Morgan fingerprint density at radius 2 is 1.78 bits per heavy atom. The average Bonchev–Trinajstić information content (AvgIpc) is 2.87. The largest absolute Gasteiger partial charge is 0.484 e. The number of carbonyl (C=O) groups excluding carboxylic acids is 1. The minimum absolute atomic E-state index is 0.151. The molecule has 0 aliphatic heterocycles. The van der Waals surface area contributed by atoms with E-state index in [-0.39, 0.29) is 18.1 Å². The highest BCUT2D eigenvalue weighted by atomic mass is 16.6. The van der Waals surface area contributed by atoms with Gasteiger partial charge in [0.1, 0.15) is 11.5 Å². The van der Waals surface area contributed by atoms with Crippen molar-refractivity contribution in [3.63, 3.8) is 0 Å². The first kappa shape index (κ1) is 25.8. The molecule has 0 aliphatic carbocycles. The summed E-state index contributed by atoms with van der Waals surface area (Å²) in [4.78, 5) is 32.7. The van der Waals surface area contributed by atoms with Crippen LogP contribution in [0.15, 0.2) is 71.8 Å². The summed E-state index contributed by atoms with van der Waals surface area (Å²) < 4.78 is 11.0. The molecule has 11 nitrogen and oxygen atoms in total. The third-order valence-electron chi connectivity index (χ3n) is 5.27. The second-order valence-corrected chi connectivity index (χ2v) is 7.80. The first-order valence-electron chi connectivity index (χ1n) is 11.0. The molecule has 1 amide bonds. The lowest BCUT2D eigenvalue weighted by atomic mass is 9.99. The monoisotopic (exact) mass is 492 g/mol. The first-order chi connectivity index (χ1) is 17.3. The third kappa shape index (κ3) is 7.10. The van der Waals surface area contributed by atoms with Crippen molar-refractivity contribution in [2.75, 3.05) is 6.61 Å². The second-order valence-electron chi connectivity index (χ2n) is 7.80. The number of nitrogens with one attached hydrogen (secondary N) is 1. The van der Waals surface area contributed by atoms with Gasteiger partial charge >= 0.3 is 5.69 Å². The lowest BCUT2D eigenvalue weighted by molar-refractivity contribution is -0.394. The van der Waals surface area contributed by atoms with E-state index >= 15 is 0 Å². The van der Waals surface area contributed by atoms with Crippen LogP contribution in [0.5, 0.6) is 17.2 Å². The van der Waals surface area contributed by atoms with E-state index in [1.807, 2.05) is 24.3 Å². The first-order valence-corrected chi connectivity index (χ1v) is 11.0. The minimum Gasteiger partial charge on any atom is -0.484 e. The standard InChI is InChI=1S/C25H24N4O7/c1-3-17(2)19-7-10-21(11-8-19)35-16-25(30)27-26-15-18-5-4-6-22(13-18)36-24-12-9-20(28(31)32)14-23(24)29(33)34/h4-15,17H,3,16H2,1-2H3,(H,27,30)/b26-15+. The quantitative estimate of drug-likeness (QED) is 0.216. The fourth-order valence-electron chi connectivity index (χ4n) is 3.12. The fourth-order valence-corrected chi connectivity index (χ4v) is 3.12. The highest BCUT2D eigenvalue weighted by Gasteiger charge is 2.21. The summed E-state index contributed by atoms with van der Waals surface area (Å²) in [5, 5.41) is 26.1. The number of hydrazone groups is 1.